The van der Waals surface area contributed by atoms with Gasteiger partial charge in [0.05, 0.1) is 5.02 Å². The number of sulfonamides is 1. The lowest BCUT2D eigenvalue weighted by Gasteiger charge is -2.36. The van der Waals surface area contributed by atoms with Gasteiger partial charge < -0.3 is 5.73 Å². The number of hydrogen-bond acceptors (Lipinski definition) is 3. The number of nitrogens with zero attached hydrogens (tertiary/aromatic N) is 1. The van der Waals surface area contributed by atoms with E-state index >= 15 is 0 Å². The van der Waals surface area contributed by atoms with Gasteiger partial charge in [-0.2, -0.15) is 4.31 Å². The zero-order chi connectivity index (χ0) is 15.8. The number of rotatable bonds is 3. The van der Waals surface area contributed by atoms with Crippen LogP contribution in [0.1, 0.15) is 32.3 Å². The Hall–Kier alpha value is -0.330. The molecule has 1 aromatic rings. The average Bonchev–Trinajstić information content (AvgIpc) is 2.43. The third-order valence-corrected chi connectivity index (χ3v) is 6.73. The summed E-state index contributed by atoms with van der Waals surface area (Å²) < 4.78 is 27.4. The fourth-order valence-electron chi connectivity index (χ4n) is 2.66. The summed E-state index contributed by atoms with van der Waals surface area (Å²) in [7, 11) is -3.67. The van der Waals surface area contributed by atoms with Gasteiger partial charge in [-0.3, -0.25) is 0 Å². The molecule has 2 unspecified atom stereocenters. The molecule has 2 N–H and O–H groups in total. The van der Waals surface area contributed by atoms with Crippen molar-refractivity contribution >= 4 is 33.2 Å². The maximum Gasteiger partial charge on any atom is 0.244 e. The highest BCUT2D eigenvalue weighted by atomic mass is 35.5. The van der Waals surface area contributed by atoms with Gasteiger partial charge in [-0.15, -0.1) is 0 Å². The minimum absolute atomic E-state index is 0.0393. The molecule has 1 aliphatic rings. The molecule has 0 aliphatic carbocycles. The van der Waals surface area contributed by atoms with Crippen LogP contribution in [0, 0.1) is 5.92 Å². The Morgan fingerprint density at radius 1 is 1.29 bits per heavy atom. The van der Waals surface area contributed by atoms with E-state index in [-0.39, 0.29) is 22.5 Å². The summed E-state index contributed by atoms with van der Waals surface area (Å²) in [5.74, 6) is 0.336. The molecule has 1 saturated heterocycles. The second kappa shape index (κ2) is 6.42. The summed E-state index contributed by atoms with van der Waals surface area (Å²) in [6.07, 6.45) is 1.88. The molecular formula is C14H20Cl2N2O2S. The molecule has 4 nitrogen and oxygen atoms in total. The van der Waals surface area contributed by atoms with Crippen molar-refractivity contribution in [3.8, 4) is 0 Å². The van der Waals surface area contributed by atoms with Crippen molar-refractivity contribution in [3.63, 3.8) is 0 Å². The van der Waals surface area contributed by atoms with E-state index in [2.05, 4.69) is 6.92 Å². The molecule has 0 bridgehead atoms. The van der Waals surface area contributed by atoms with Crippen LogP contribution in [0.2, 0.25) is 10.0 Å². The van der Waals surface area contributed by atoms with E-state index in [4.69, 9.17) is 28.9 Å². The Kier molecular flexibility index (Phi) is 5.21. The molecule has 21 heavy (non-hydrogen) atoms. The third kappa shape index (κ3) is 3.37. The van der Waals surface area contributed by atoms with Gasteiger partial charge in [0.15, 0.2) is 0 Å². The van der Waals surface area contributed by atoms with Crippen LogP contribution < -0.4 is 5.73 Å². The maximum absolute atomic E-state index is 12.9. The molecule has 0 saturated carbocycles. The summed E-state index contributed by atoms with van der Waals surface area (Å²) in [5, 5.41) is 0.503. The van der Waals surface area contributed by atoms with Crippen LogP contribution in [0.5, 0.6) is 0 Å². The Labute approximate surface area is 136 Å². The van der Waals surface area contributed by atoms with Crippen molar-refractivity contribution < 1.29 is 8.42 Å². The summed E-state index contributed by atoms with van der Waals surface area (Å²) in [4.78, 5) is 0.0538. The van der Waals surface area contributed by atoms with Gasteiger partial charge in [0.25, 0.3) is 0 Å². The van der Waals surface area contributed by atoms with Crippen LogP contribution in [0.25, 0.3) is 0 Å². The van der Waals surface area contributed by atoms with E-state index in [0.29, 0.717) is 23.0 Å². The van der Waals surface area contributed by atoms with E-state index in [1.54, 1.807) is 6.07 Å². The standard InChI is InChI=1S/C14H20Cl2N2O2S/c1-9-3-4-10(2)18(8-9)21(19,20)13-6-12(15)5-11(7-17)14(13)16/h5-6,9-10H,3-4,7-8,17H2,1-2H3. The molecule has 0 spiro atoms. The van der Waals surface area contributed by atoms with Crippen molar-refractivity contribution in [2.75, 3.05) is 6.54 Å². The highest BCUT2D eigenvalue weighted by Crippen LogP contribution is 2.34. The Morgan fingerprint density at radius 3 is 2.57 bits per heavy atom. The molecule has 7 heteroatoms. The average molecular weight is 351 g/mol. The molecule has 2 atom stereocenters. The molecule has 1 heterocycles. The minimum atomic E-state index is -3.67. The third-order valence-electron chi connectivity index (χ3n) is 3.95. The molecule has 0 amide bonds. The van der Waals surface area contributed by atoms with Gasteiger partial charge >= 0.3 is 0 Å². The summed E-state index contributed by atoms with van der Waals surface area (Å²) in [5.41, 5.74) is 6.15. The van der Waals surface area contributed by atoms with Crippen LogP contribution in [0.4, 0.5) is 0 Å². The second-order valence-corrected chi connectivity index (χ2v) is 8.36. The van der Waals surface area contributed by atoms with Gasteiger partial charge in [0.2, 0.25) is 10.0 Å². The van der Waals surface area contributed by atoms with Crippen LogP contribution in [0.15, 0.2) is 17.0 Å². The van der Waals surface area contributed by atoms with Crippen molar-refractivity contribution in [2.24, 2.45) is 11.7 Å². The SMILES string of the molecule is CC1CCC(C)N(S(=O)(=O)c2cc(Cl)cc(CN)c2Cl)C1. The smallest absolute Gasteiger partial charge is 0.244 e. The number of nitrogens with two attached hydrogens (primary N) is 1. The van der Waals surface area contributed by atoms with Crippen molar-refractivity contribution in [2.45, 2.75) is 44.2 Å². The van der Waals surface area contributed by atoms with Crippen LogP contribution >= 0.6 is 23.2 Å². The zero-order valence-corrected chi connectivity index (χ0v) is 14.5. The van der Waals surface area contributed by atoms with E-state index in [1.165, 1.54) is 10.4 Å². The summed E-state index contributed by atoms with van der Waals surface area (Å²) in [6.45, 7) is 4.63. The first-order valence-electron chi connectivity index (χ1n) is 6.97. The predicted octanol–water partition coefficient (Wildman–Crippen LogP) is 3.26. The molecule has 118 valence electrons. The van der Waals surface area contributed by atoms with Gasteiger partial charge in [0, 0.05) is 24.2 Å². The van der Waals surface area contributed by atoms with E-state index in [0.717, 1.165) is 12.8 Å². The lowest BCUT2D eigenvalue weighted by molar-refractivity contribution is 0.218. The Bertz CT molecular complexity index is 634. The summed E-state index contributed by atoms with van der Waals surface area (Å²) in [6, 6.07) is 2.97. The van der Waals surface area contributed by atoms with Gasteiger partial charge in [-0.25, -0.2) is 8.42 Å². The fourth-order valence-corrected chi connectivity index (χ4v) is 5.36. The lowest BCUT2D eigenvalue weighted by atomic mass is 9.97. The van der Waals surface area contributed by atoms with Gasteiger partial charge in [0.1, 0.15) is 4.90 Å². The fraction of sp³-hybridized carbons (Fsp3) is 0.571. The number of hydrogen-bond donors (Lipinski definition) is 1. The molecule has 1 aromatic carbocycles. The number of halogens is 2. The van der Waals surface area contributed by atoms with Crippen molar-refractivity contribution in [1.82, 2.24) is 4.31 Å². The molecular weight excluding hydrogens is 331 g/mol. The quantitative estimate of drug-likeness (QED) is 0.909. The van der Waals surface area contributed by atoms with E-state index in [9.17, 15) is 8.42 Å². The van der Waals surface area contributed by atoms with Crippen molar-refractivity contribution in [1.29, 1.82) is 0 Å². The van der Waals surface area contributed by atoms with Crippen molar-refractivity contribution in [3.05, 3.63) is 27.7 Å². The first-order valence-corrected chi connectivity index (χ1v) is 9.16. The highest BCUT2D eigenvalue weighted by molar-refractivity contribution is 7.89. The van der Waals surface area contributed by atoms with Crippen LogP contribution in [-0.4, -0.2) is 25.3 Å². The Balaban J connectivity index is 2.51. The van der Waals surface area contributed by atoms with Crippen LogP contribution in [0.3, 0.4) is 0 Å². The number of benzene rings is 1. The monoisotopic (exact) mass is 350 g/mol. The minimum Gasteiger partial charge on any atom is -0.326 e. The first kappa shape index (κ1) is 17.0. The van der Waals surface area contributed by atoms with Gasteiger partial charge in [-0.05, 0) is 43.4 Å². The predicted molar refractivity (Wildman–Crippen MR) is 86.1 cm³/mol. The molecule has 0 radical (unpaired) electrons. The zero-order valence-electron chi connectivity index (χ0n) is 12.1. The lowest BCUT2D eigenvalue weighted by Crippen LogP contribution is -2.44. The van der Waals surface area contributed by atoms with Crippen LogP contribution in [-0.2, 0) is 16.6 Å². The second-order valence-electron chi connectivity index (χ2n) is 5.69. The first-order chi connectivity index (χ1) is 9.77. The molecule has 0 aromatic heterocycles. The highest BCUT2D eigenvalue weighted by Gasteiger charge is 2.35. The molecule has 2 rings (SSSR count). The topological polar surface area (TPSA) is 63.4 Å². The summed E-state index contributed by atoms with van der Waals surface area (Å²) >= 11 is 12.2. The van der Waals surface area contributed by atoms with Gasteiger partial charge in [-0.1, -0.05) is 30.1 Å². The maximum atomic E-state index is 12.9. The van der Waals surface area contributed by atoms with E-state index in [1.807, 2.05) is 6.92 Å². The largest absolute Gasteiger partial charge is 0.326 e. The Morgan fingerprint density at radius 2 is 1.95 bits per heavy atom. The normalized spacial score (nSPS) is 24.2. The molecule has 1 fully saturated rings. The molecule has 1 aliphatic heterocycles. The number of piperidine rings is 1. The van der Waals surface area contributed by atoms with E-state index < -0.39 is 10.0 Å².